The van der Waals surface area contributed by atoms with Gasteiger partial charge >= 0.3 is 0 Å². The van der Waals surface area contributed by atoms with Crippen LogP contribution in [0.3, 0.4) is 0 Å². The predicted molar refractivity (Wildman–Crippen MR) is 135 cm³/mol. The SMILES string of the molecule is CCCCCC(c1ccc(N(C)C)cc1)c1c(-c2ccccc2)n(C)c2ccccc12. The van der Waals surface area contributed by atoms with Crippen molar-refractivity contribution in [3.8, 4) is 11.3 Å². The smallest absolute Gasteiger partial charge is 0.0527 e. The molecule has 0 aliphatic heterocycles. The molecule has 2 nitrogen and oxygen atoms in total. The third-order valence-electron chi connectivity index (χ3n) is 6.45. The fourth-order valence-corrected chi connectivity index (χ4v) is 4.80. The van der Waals surface area contributed by atoms with Crippen molar-refractivity contribution in [2.45, 2.75) is 38.5 Å². The van der Waals surface area contributed by atoms with Gasteiger partial charge in [-0.25, -0.2) is 0 Å². The molecule has 1 aromatic heterocycles. The topological polar surface area (TPSA) is 8.17 Å². The lowest BCUT2D eigenvalue weighted by atomic mass is 9.84. The molecular weight excluding hydrogens is 376 g/mol. The number of para-hydroxylation sites is 1. The van der Waals surface area contributed by atoms with Crippen LogP contribution in [-0.2, 0) is 7.05 Å². The molecule has 4 rings (SSSR count). The second-order valence-electron chi connectivity index (χ2n) is 8.74. The Labute approximate surface area is 187 Å². The summed E-state index contributed by atoms with van der Waals surface area (Å²) in [4.78, 5) is 2.17. The van der Waals surface area contributed by atoms with Gasteiger partial charge in [0, 0.05) is 43.7 Å². The Bertz CT molecular complexity index is 1120. The Balaban J connectivity index is 1.92. The van der Waals surface area contributed by atoms with E-state index in [0.29, 0.717) is 5.92 Å². The lowest BCUT2D eigenvalue weighted by molar-refractivity contribution is 0.620. The van der Waals surface area contributed by atoms with Gasteiger partial charge in [-0.1, -0.05) is 86.8 Å². The third kappa shape index (κ3) is 4.25. The Morgan fingerprint density at radius 2 is 1.48 bits per heavy atom. The number of hydrogen-bond donors (Lipinski definition) is 0. The number of aromatic nitrogens is 1. The molecule has 0 fully saturated rings. The summed E-state index contributed by atoms with van der Waals surface area (Å²) in [6.45, 7) is 2.29. The molecule has 0 spiro atoms. The number of rotatable bonds is 8. The number of hydrogen-bond acceptors (Lipinski definition) is 1. The van der Waals surface area contributed by atoms with Crippen molar-refractivity contribution in [1.82, 2.24) is 4.57 Å². The quantitative estimate of drug-likeness (QED) is 0.271. The molecule has 1 atom stereocenters. The van der Waals surface area contributed by atoms with Gasteiger partial charge < -0.3 is 9.47 Å². The molecule has 31 heavy (non-hydrogen) atoms. The monoisotopic (exact) mass is 410 g/mol. The number of unbranched alkanes of at least 4 members (excludes halogenated alkanes) is 2. The highest BCUT2D eigenvalue weighted by atomic mass is 15.1. The highest BCUT2D eigenvalue weighted by Gasteiger charge is 2.25. The van der Waals surface area contributed by atoms with Gasteiger partial charge in [0.05, 0.1) is 5.69 Å². The van der Waals surface area contributed by atoms with Crippen molar-refractivity contribution in [1.29, 1.82) is 0 Å². The van der Waals surface area contributed by atoms with E-state index in [4.69, 9.17) is 0 Å². The molecule has 1 unspecified atom stereocenters. The minimum Gasteiger partial charge on any atom is -0.378 e. The normalized spacial score (nSPS) is 12.3. The molecule has 0 aliphatic carbocycles. The van der Waals surface area contributed by atoms with Gasteiger partial charge in [-0.05, 0) is 41.3 Å². The van der Waals surface area contributed by atoms with E-state index < -0.39 is 0 Å². The minimum absolute atomic E-state index is 0.379. The van der Waals surface area contributed by atoms with Gasteiger partial charge in [-0.2, -0.15) is 0 Å². The lowest BCUT2D eigenvalue weighted by Gasteiger charge is -2.21. The Hall–Kier alpha value is -3.00. The third-order valence-corrected chi connectivity index (χ3v) is 6.45. The molecule has 3 aromatic carbocycles. The minimum atomic E-state index is 0.379. The van der Waals surface area contributed by atoms with E-state index in [9.17, 15) is 0 Å². The fraction of sp³-hybridized carbons (Fsp3) is 0.310. The van der Waals surface area contributed by atoms with E-state index in [2.05, 4.69) is 116 Å². The number of benzene rings is 3. The maximum absolute atomic E-state index is 2.39. The van der Waals surface area contributed by atoms with Crippen LogP contribution in [0.1, 0.15) is 49.7 Å². The first kappa shape index (κ1) is 21.2. The van der Waals surface area contributed by atoms with E-state index in [1.807, 2.05) is 0 Å². The summed E-state index contributed by atoms with van der Waals surface area (Å²) in [6.07, 6.45) is 4.93. The van der Waals surface area contributed by atoms with E-state index in [0.717, 1.165) is 0 Å². The van der Waals surface area contributed by atoms with Crippen molar-refractivity contribution >= 4 is 16.6 Å². The Morgan fingerprint density at radius 3 is 2.16 bits per heavy atom. The van der Waals surface area contributed by atoms with Crippen LogP contribution in [0.2, 0.25) is 0 Å². The van der Waals surface area contributed by atoms with Crippen LogP contribution in [0.5, 0.6) is 0 Å². The zero-order valence-corrected chi connectivity index (χ0v) is 19.3. The van der Waals surface area contributed by atoms with Crippen molar-refractivity contribution < 1.29 is 0 Å². The first-order valence-electron chi connectivity index (χ1n) is 11.5. The molecule has 160 valence electrons. The highest BCUT2D eigenvalue weighted by Crippen LogP contribution is 2.43. The first-order valence-corrected chi connectivity index (χ1v) is 11.5. The highest BCUT2D eigenvalue weighted by molar-refractivity contribution is 5.93. The summed E-state index contributed by atoms with van der Waals surface area (Å²) in [5.74, 6) is 0.379. The molecule has 0 bridgehead atoms. The van der Waals surface area contributed by atoms with Crippen molar-refractivity contribution in [3.63, 3.8) is 0 Å². The van der Waals surface area contributed by atoms with Gasteiger partial charge in [-0.3, -0.25) is 0 Å². The summed E-state index contributed by atoms with van der Waals surface area (Å²) < 4.78 is 2.39. The van der Waals surface area contributed by atoms with Crippen LogP contribution in [0.25, 0.3) is 22.2 Å². The average molecular weight is 411 g/mol. The molecule has 2 heteroatoms. The van der Waals surface area contributed by atoms with Gasteiger partial charge in [0.2, 0.25) is 0 Å². The van der Waals surface area contributed by atoms with Crippen molar-refractivity contribution in [3.05, 3.63) is 90.0 Å². The number of anilines is 1. The second-order valence-corrected chi connectivity index (χ2v) is 8.74. The Kier molecular flexibility index (Phi) is 6.46. The molecule has 0 amide bonds. The number of nitrogens with zero attached hydrogens (tertiary/aromatic N) is 2. The second kappa shape index (κ2) is 9.43. The number of aryl methyl sites for hydroxylation is 1. The van der Waals surface area contributed by atoms with Crippen LogP contribution in [0, 0.1) is 0 Å². The molecule has 1 heterocycles. The maximum atomic E-state index is 2.39. The predicted octanol–water partition coefficient (Wildman–Crippen LogP) is 7.62. The summed E-state index contributed by atoms with van der Waals surface area (Å²) in [5, 5.41) is 1.38. The summed E-state index contributed by atoms with van der Waals surface area (Å²) >= 11 is 0. The van der Waals surface area contributed by atoms with E-state index >= 15 is 0 Å². The zero-order chi connectivity index (χ0) is 21.8. The number of fused-ring (bicyclic) bond motifs is 1. The van der Waals surface area contributed by atoms with Crippen LogP contribution in [0.4, 0.5) is 5.69 Å². The molecule has 4 aromatic rings. The van der Waals surface area contributed by atoms with Crippen molar-refractivity contribution in [2.24, 2.45) is 7.05 Å². The standard InChI is InChI=1S/C29H34N2/c1-5-6-8-15-25(22-18-20-24(21-19-22)30(2)3)28-26-16-11-12-17-27(26)31(4)29(28)23-13-9-7-10-14-23/h7,9-14,16-21,25H,5-6,8,15H2,1-4H3. The molecule has 0 radical (unpaired) electrons. The first-order chi connectivity index (χ1) is 15.1. The molecule has 0 saturated heterocycles. The van der Waals surface area contributed by atoms with Crippen LogP contribution in [0.15, 0.2) is 78.9 Å². The summed E-state index contributed by atoms with van der Waals surface area (Å²) in [7, 11) is 6.42. The fourth-order valence-electron chi connectivity index (χ4n) is 4.80. The molecule has 0 saturated carbocycles. The van der Waals surface area contributed by atoms with Crippen LogP contribution in [-0.4, -0.2) is 18.7 Å². The van der Waals surface area contributed by atoms with Crippen LogP contribution < -0.4 is 4.90 Å². The van der Waals surface area contributed by atoms with Gasteiger partial charge in [-0.15, -0.1) is 0 Å². The maximum Gasteiger partial charge on any atom is 0.0527 e. The average Bonchev–Trinajstić information content (AvgIpc) is 3.10. The van der Waals surface area contributed by atoms with E-state index in [-0.39, 0.29) is 0 Å². The van der Waals surface area contributed by atoms with Gasteiger partial charge in [0.1, 0.15) is 0 Å². The largest absolute Gasteiger partial charge is 0.378 e. The van der Waals surface area contributed by atoms with E-state index in [1.165, 1.54) is 64.7 Å². The van der Waals surface area contributed by atoms with Crippen molar-refractivity contribution in [2.75, 3.05) is 19.0 Å². The molecule has 0 N–H and O–H groups in total. The van der Waals surface area contributed by atoms with Gasteiger partial charge in [0.25, 0.3) is 0 Å². The Morgan fingerprint density at radius 1 is 0.806 bits per heavy atom. The van der Waals surface area contributed by atoms with Crippen LogP contribution >= 0.6 is 0 Å². The van der Waals surface area contributed by atoms with E-state index in [1.54, 1.807) is 0 Å². The summed E-state index contributed by atoms with van der Waals surface area (Å²) in [6, 6.07) is 29.0. The zero-order valence-electron chi connectivity index (χ0n) is 19.3. The van der Waals surface area contributed by atoms with Gasteiger partial charge in [0.15, 0.2) is 0 Å². The molecular formula is C29H34N2. The summed E-state index contributed by atoms with van der Waals surface area (Å²) in [5.41, 5.74) is 8.08. The lowest BCUT2D eigenvalue weighted by Crippen LogP contribution is -2.09. The molecule has 0 aliphatic rings.